The molecule has 0 saturated carbocycles. The Labute approximate surface area is 110 Å². The van der Waals surface area contributed by atoms with Gasteiger partial charge in [-0.1, -0.05) is 17.7 Å². The molecule has 0 unspecified atom stereocenters. The molecule has 0 bridgehead atoms. The van der Waals surface area contributed by atoms with Gasteiger partial charge in [0.1, 0.15) is 0 Å². The summed E-state index contributed by atoms with van der Waals surface area (Å²) >= 11 is 5.96. The lowest BCUT2D eigenvalue weighted by atomic mass is 10.1. The number of hydrogen-bond acceptors (Lipinski definition) is 2. The molecular formula is C12H16ClF3N2. The molecule has 2 nitrogen and oxygen atoms in total. The molecule has 18 heavy (non-hydrogen) atoms. The number of anilines is 1. The molecule has 2 N–H and O–H groups in total. The molecule has 0 spiro atoms. The van der Waals surface area contributed by atoms with Crippen LogP contribution in [0.25, 0.3) is 0 Å². The molecule has 0 saturated heterocycles. The molecular weight excluding hydrogens is 265 g/mol. The third kappa shape index (κ3) is 4.38. The lowest BCUT2D eigenvalue weighted by molar-refractivity contribution is -0.150. The van der Waals surface area contributed by atoms with Gasteiger partial charge in [-0.25, -0.2) is 0 Å². The van der Waals surface area contributed by atoms with Crippen molar-refractivity contribution in [3.8, 4) is 0 Å². The number of nitrogens with two attached hydrogens (primary N) is 1. The highest BCUT2D eigenvalue weighted by molar-refractivity contribution is 6.31. The van der Waals surface area contributed by atoms with E-state index in [9.17, 15) is 13.2 Å². The van der Waals surface area contributed by atoms with Crippen LogP contribution in [-0.4, -0.2) is 23.7 Å². The Hall–Kier alpha value is -0.940. The van der Waals surface area contributed by atoms with E-state index in [0.717, 1.165) is 0 Å². The van der Waals surface area contributed by atoms with E-state index in [4.69, 9.17) is 17.3 Å². The van der Waals surface area contributed by atoms with E-state index in [-0.39, 0.29) is 12.6 Å². The highest BCUT2D eigenvalue weighted by Gasteiger charge is 2.32. The minimum atomic E-state index is -4.24. The van der Waals surface area contributed by atoms with Gasteiger partial charge in [0, 0.05) is 28.9 Å². The fourth-order valence-electron chi connectivity index (χ4n) is 1.60. The first-order valence-electron chi connectivity index (χ1n) is 5.54. The second kappa shape index (κ2) is 5.80. The van der Waals surface area contributed by atoms with Gasteiger partial charge in [0.2, 0.25) is 0 Å². The van der Waals surface area contributed by atoms with Gasteiger partial charge >= 0.3 is 6.18 Å². The minimum absolute atomic E-state index is 0.0860. The van der Waals surface area contributed by atoms with E-state index in [2.05, 4.69) is 0 Å². The second-order valence-corrected chi connectivity index (χ2v) is 4.83. The fourth-order valence-corrected chi connectivity index (χ4v) is 1.84. The molecule has 0 aliphatic heterocycles. The Morgan fingerprint density at radius 1 is 1.33 bits per heavy atom. The van der Waals surface area contributed by atoms with E-state index < -0.39 is 12.7 Å². The highest BCUT2D eigenvalue weighted by Crippen LogP contribution is 2.26. The van der Waals surface area contributed by atoms with Crippen molar-refractivity contribution in [2.75, 3.05) is 12.3 Å². The van der Waals surface area contributed by atoms with Crippen LogP contribution in [0.2, 0.25) is 5.02 Å². The predicted octanol–water partition coefficient (Wildman–Crippen LogP) is 3.69. The van der Waals surface area contributed by atoms with E-state index >= 15 is 0 Å². The SMILES string of the molecule is CC(C)N(Cc1c(N)cccc1Cl)CC(F)(F)F. The van der Waals surface area contributed by atoms with Gasteiger partial charge in [-0.3, -0.25) is 4.90 Å². The Morgan fingerprint density at radius 3 is 2.39 bits per heavy atom. The number of alkyl halides is 3. The highest BCUT2D eigenvalue weighted by atomic mass is 35.5. The smallest absolute Gasteiger partial charge is 0.398 e. The maximum absolute atomic E-state index is 12.5. The van der Waals surface area contributed by atoms with Crippen LogP contribution in [-0.2, 0) is 6.54 Å². The average Bonchev–Trinajstić information content (AvgIpc) is 2.20. The summed E-state index contributed by atoms with van der Waals surface area (Å²) in [6.07, 6.45) is -4.24. The normalized spacial score (nSPS) is 12.4. The van der Waals surface area contributed by atoms with Gasteiger partial charge in [-0.15, -0.1) is 0 Å². The topological polar surface area (TPSA) is 29.3 Å². The second-order valence-electron chi connectivity index (χ2n) is 4.42. The van der Waals surface area contributed by atoms with Crippen molar-refractivity contribution >= 4 is 17.3 Å². The van der Waals surface area contributed by atoms with Gasteiger partial charge in [-0.05, 0) is 26.0 Å². The zero-order valence-corrected chi connectivity index (χ0v) is 11.0. The van der Waals surface area contributed by atoms with Crippen molar-refractivity contribution in [2.24, 2.45) is 0 Å². The first-order valence-corrected chi connectivity index (χ1v) is 5.92. The van der Waals surface area contributed by atoms with Crippen LogP contribution in [0.4, 0.5) is 18.9 Å². The summed E-state index contributed by atoms with van der Waals surface area (Å²) in [5.74, 6) is 0. The Kier molecular flexibility index (Phi) is 4.87. The molecule has 102 valence electrons. The van der Waals surface area contributed by atoms with Gasteiger partial charge in [0.15, 0.2) is 0 Å². The van der Waals surface area contributed by atoms with Crippen molar-refractivity contribution < 1.29 is 13.2 Å². The van der Waals surface area contributed by atoms with Gasteiger partial charge in [0.25, 0.3) is 0 Å². The maximum Gasteiger partial charge on any atom is 0.401 e. The summed E-state index contributed by atoms with van der Waals surface area (Å²) in [4.78, 5) is 1.29. The maximum atomic E-state index is 12.5. The summed E-state index contributed by atoms with van der Waals surface area (Å²) in [7, 11) is 0. The summed E-state index contributed by atoms with van der Waals surface area (Å²) in [5.41, 5.74) is 6.69. The number of rotatable bonds is 4. The molecule has 1 rings (SSSR count). The zero-order chi connectivity index (χ0) is 13.9. The average molecular weight is 281 g/mol. The quantitative estimate of drug-likeness (QED) is 0.852. The van der Waals surface area contributed by atoms with Gasteiger partial charge in [0.05, 0.1) is 6.54 Å². The van der Waals surface area contributed by atoms with Gasteiger partial charge < -0.3 is 5.73 Å². The third-order valence-corrected chi connectivity index (χ3v) is 2.98. The van der Waals surface area contributed by atoms with Crippen molar-refractivity contribution in [2.45, 2.75) is 32.6 Å². The van der Waals surface area contributed by atoms with E-state index in [1.807, 2.05) is 0 Å². The minimum Gasteiger partial charge on any atom is -0.398 e. The lowest BCUT2D eigenvalue weighted by Gasteiger charge is -2.28. The first-order chi connectivity index (χ1) is 8.20. The standard InChI is InChI=1S/C12H16ClF3N2/c1-8(2)18(7-12(14,15)16)6-9-10(13)4-3-5-11(9)17/h3-5,8H,6-7,17H2,1-2H3. The van der Waals surface area contributed by atoms with Gasteiger partial charge in [-0.2, -0.15) is 13.2 Å². The Bertz CT molecular complexity index is 385. The molecule has 0 aromatic heterocycles. The van der Waals surface area contributed by atoms with Crippen LogP contribution in [0.1, 0.15) is 19.4 Å². The molecule has 0 atom stereocenters. The molecule has 0 aliphatic carbocycles. The Morgan fingerprint density at radius 2 is 1.94 bits per heavy atom. The number of benzene rings is 1. The van der Waals surface area contributed by atoms with Crippen LogP contribution >= 0.6 is 11.6 Å². The third-order valence-electron chi connectivity index (χ3n) is 2.63. The summed E-state index contributed by atoms with van der Waals surface area (Å²) < 4.78 is 37.4. The molecule has 0 heterocycles. The van der Waals surface area contributed by atoms with Crippen LogP contribution < -0.4 is 5.73 Å². The van der Waals surface area contributed by atoms with E-state index in [1.165, 1.54) is 4.90 Å². The summed E-state index contributed by atoms with van der Waals surface area (Å²) in [5, 5.41) is 0.392. The molecule has 0 aliphatic rings. The van der Waals surface area contributed by atoms with E-state index in [1.54, 1.807) is 32.0 Å². The van der Waals surface area contributed by atoms with Crippen LogP contribution in [0.5, 0.6) is 0 Å². The van der Waals surface area contributed by atoms with Crippen LogP contribution in [0.15, 0.2) is 18.2 Å². The number of hydrogen-bond donors (Lipinski definition) is 1. The van der Waals surface area contributed by atoms with Crippen LogP contribution in [0.3, 0.4) is 0 Å². The number of nitrogen functional groups attached to an aromatic ring is 1. The van der Waals surface area contributed by atoms with Crippen molar-refractivity contribution in [1.82, 2.24) is 4.90 Å². The number of nitrogens with zero attached hydrogens (tertiary/aromatic N) is 1. The molecule has 0 amide bonds. The van der Waals surface area contributed by atoms with Crippen molar-refractivity contribution in [3.63, 3.8) is 0 Å². The molecule has 1 aromatic rings. The molecule has 0 fully saturated rings. The summed E-state index contributed by atoms with van der Waals surface area (Å²) in [6.45, 7) is 2.52. The fraction of sp³-hybridized carbons (Fsp3) is 0.500. The van der Waals surface area contributed by atoms with E-state index in [0.29, 0.717) is 16.3 Å². The molecule has 0 radical (unpaired) electrons. The first kappa shape index (κ1) is 15.1. The Balaban J connectivity index is 2.90. The number of halogens is 4. The molecule has 6 heteroatoms. The predicted molar refractivity (Wildman–Crippen MR) is 67.5 cm³/mol. The molecule has 1 aromatic carbocycles. The lowest BCUT2D eigenvalue weighted by Crippen LogP contribution is -2.38. The van der Waals surface area contributed by atoms with Crippen molar-refractivity contribution in [3.05, 3.63) is 28.8 Å². The monoisotopic (exact) mass is 280 g/mol. The largest absolute Gasteiger partial charge is 0.401 e. The van der Waals surface area contributed by atoms with Crippen LogP contribution in [0, 0.1) is 0 Å². The van der Waals surface area contributed by atoms with Crippen molar-refractivity contribution in [1.29, 1.82) is 0 Å². The zero-order valence-electron chi connectivity index (χ0n) is 10.3. The summed E-state index contributed by atoms with van der Waals surface area (Å²) in [6, 6.07) is 4.68.